The summed E-state index contributed by atoms with van der Waals surface area (Å²) in [6.45, 7) is 5.75. The first kappa shape index (κ1) is 17.5. The Morgan fingerprint density at radius 1 is 1.19 bits per heavy atom. The number of nitrogens with two attached hydrogens (primary N) is 1. The Morgan fingerprint density at radius 2 is 1.92 bits per heavy atom. The highest BCUT2D eigenvalue weighted by molar-refractivity contribution is 6.43. The molecule has 3 aromatic rings. The maximum atomic E-state index is 6.45. The van der Waals surface area contributed by atoms with Crippen LogP contribution in [0, 0.1) is 6.92 Å². The normalized spacial score (nSPS) is 17.0. The molecule has 1 saturated heterocycles. The van der Waals surface area contributed by atoms with Gasteiger partial charge in [0.25, 0.3) is 0 Å². The topological polar surface area (TPSA) is 72.3 Å². The largest absolute Gasteiger partial charge is 0.353 e. The summed E-state index contributed by atoms with van der Waals surface area (Å²) < 4.78 is 1.94. The van der Waals surface area contributed by atoms with Crippen molar-refractivity contribution in [1.29, 1.82) is 0 Å². The summed E-state index contributed by atoms with van der Waals surface area (Å²) in [6, 6.07) is 5.57. The van der Waals surface area contributed by atoms with E-state index < -0.39 is 0 Å². The van der Waals surface area contributed by atoms with Gasteiger partial charge in [-0.25, -0.2) is 4.98 Å². The van der Waals surface area contributed by atoms with Crippen LogP contribution < -0.4 is 10.6 Å². The van der Waals surface area contributed by atoms with Crippen LogP contribution in [0.1, 0.15) is 25.5 Å². The summed E-state index contributed by atoms with van der Waals surface area (Å²) in [5.74, 6) is 0.831. The predicted molar refractivity (Wildman–Crippen MR) is 105 cm³/mol. The SMILES string of the molecule is Cc1nc(N2CCC(C)(N)CC2)c2nncn2c1-c1cccc(Cl)c1Cl. The fourth-order valence-electron chi connectivity index (χ4n) is 3.44. The van der Waals surface area contributed by atoms with Crippen LogP contribution in [0.2, 0.25) is 10.0 Å². The lowest BCUT2D eigenvalue weighted by atomic mass is 9.91. The van der Waals surface area contributed by atoms with E-state index in [-0.39, 0.29) is 5.54 Å². The lowest BCUT2D eigenvalue weighted by Gasteiger charge is -2.37. The Hall–Kier alpha value is -1.89. The zero-order valence-corrected chi connectivity index (χ0v) is 16.2. The third kappa shape index (κ3) is 2.92. The number of hydrogen-bond donors (Lipinski definition) is 1. The average molecular weight is 391 g/mol. The molecule has 4 rings (SSSR count). The van der Waals surface area contributed by atoms with Gasteiger partial charge in [0.05, 0.1) is 21.4 Å². The molecule has 1 aliphatic rings. The molecule has 0 radical (unpaired) electrons. The summed E-state index contributed by atoms with van der Waals surface area (Å²) in [7, 11) is 0. The van der Waals surface area contributed by atoms with Crippen LogP contribution in [0.15, 0.2) is 24.5 Å². The molecule has 6 nitrogen and oxygen atoms in total. The molecule has 1 aliphatic heterocycles. The van der Waals surface area contributed by atoms with Gasteiger partial charge in [0.15, 0.2) is 5.82 Å². The molecule has 26 heavy (non-hydrogen) atoms. The highest BCUT2D eigenvalue weighted by Gasteiger charge is 2.29. The van der Waals surface area contributed by atoms with Crippen molar-refractivity contribution in [2.24, 2.45) is 5.73 Å². The van der Waals surface area contributed by atoms with Crippen molar-refractivity contribution in [1.82, 2.24) is 19.6 Å². The highest BCUT2D eigenvalue weighted by Crippen LogP contribution is 2.36. The Morgan fingerprint density at radius 3 is 2.65 bits per heavy atom. The molecular weight excluding hydrogens is 371 g/mol. The van der Waals surface area contributed by atoms with Gasteiger partial charge in [-0.1, -0.05) is 35.3 Å². The maximum absolute atomic E-state index is 6.45. The Bertz CT molecular complexity index is 971. The molecule has 2 aromatic heterocycles. The van der Waals surface area contributed by atoms with Crippen LogP contribution in [0.25, 0.3) is 16.9 Å². The minimum absolute atomic E-state index is 0.121. The number of benzene rings is 1. The van der Waals surface area contributed by atoms with Crippen LogP contribution >= 0.6 is 23.2 Å². The molecule has 0 spiro atoms. The fraction of sp³-hybridized carbons (Fsp3) is 0.389. The number of piperidine rings is 1. The highest BCUT2D eigenvalue weighted by atomic mass is 35.5. The van der Waals surface area contributed by atoms with Crippen molar-refractivity contribution in [3.8, 4) is 11.3 Å². The van der Waals surface area contributed by atoms with Crippen molar-refractivity contribution < 1.29 is 0 Å². The van der Waals surface area contributed by atoms with Gasteiger partial charge in [-0.15, -0.1) is 10.2 Å². The van der Waals surface area contributed by atoms with Gasteiger partial charge < -0.3 is 10.6 Å². The Balaban J connectivity index is 1.85. The van der Waals surface area contributed by atoms with E-state index in [0.29, 0.717) is 15.7 Å². The maximum Gasteiger partial charge on any atom is 0.204 e. The number of fused-ring (bicyclic) bond motifs is 1. The van der Waals surface area contributed by atoms with Crippen molar-refractivity contribution in [2.75, 3.05) is 18.0 Å². The molecule has 1 aromatic carbocycles. The van der Waals surface area contributed by atoms with Crippen molar-refractivity contribution in [3.05, 3.63) is 40.3 Å². The molecule has 0 saturated carbocycles. The first-order chi connectivity index (χ1) is 12.4. The van der Waals surface area contributed by atoms with Crippen molar-refractivity contribution in [2.45, 2.75) is 32.2 Å². The first-order valence-corrected chi connectivity index (χ1v) is 9.31. The number of aromatic nitrogens is 4. The smallest absolute Gasteiger partial charge is 0.204 e. The lowest BCUT2D eigenvalue weighted by Crippen LogP contribution is -2.48. The molecule has 2 N–H and O–H groups in total. The van der Waals surface area contributed by atoms with Gasteiger partial charge in [-0.3, -0.25) is 4.40 Å². The standard InChI is InChI=1S/C18H20Cl2N6/c1-11-15(12-4-3-5-13(19)14(12)20)26-10-22-24-17(26)16(23-11)25-8-6-18(2,21)7-9-25/h3-5,10H,6-9,21H2,1-2H3. The number of anilines is 1. The van der Waals surface area contributed by atoms with E-state index in [2.05, 4.69) is 22.0 Å². The number of aryl methyl sites for hydroxylation is 1. The van der Waals surface area contributed by atoms with Gasteiger partial charge >= 0.3 is 0 Å². The third-order valence-corrected chi connectivity index (χ3v) is 5.84. The monoisotopic (exact) mass is 390 g/mol. The number of hydrogen-bond acceptors (Lipinski definition) is 5. The molecule has 0 aliphatic carbocycles. The Labute approximate surface area is 161 Å². The van der Waals surface area contributed by atoms with Crippen LogP contribution in [-0.4, -0.2) is 38.2 Å². The zero-order chi connectivity index (χ0) is 18.5. The van der Waals surface area contributed by atoms with Crippen LogP contribution in [0.4, 0.5) is 5.82 Å². The summed E-state index contributed by atoms with van der Waals surface area (Å²) in [6.07, 6.45) is 3.52. The molecule has 1 fully saturated rings. The minimum atomic E-state index is -0.121. The fourth-order valence-corrected chi connectivity index (χ4v) is 3.83. The van der Waals surface area contributed by atoms with E-state index in [1.54, 1.807) is 12.4 Å². The minimum Gasteiger partial charge on any atom is -0.353 e. The Kier molecular flexibility index (Phi) is 4.29. The summed E-state index contributed by atoms with van der Waals surface area (Å²) >= 11 is 12.7. The zero-order valence-electron chi connectivity index (χ0n) is 14.7. The second kappa shape index (κ2) is 6.37. The van der Waals surface area contributed by atoms with Crippen LogP contribution in [0.3, 0.4) is 0 Å². The van der Waals surface area contributed by atoms with Crippen molar-refractivity contribution >= 4 is 34.7 Å². The van der Waals surface area contributed by atoms with E-state index in [1.165, 1.54) is 0 Å². The summed E-state index contributed by atoms with van der Waals surface area (Å²) in [4.78, 5) is 7.08. The van der Waals surface area contributed by atoms with Crippen LogP contribution in [-0.2, 0) is 0 Å². The molecule has 0 bridgehead atoms. The van der Waals surface area contributed by atoms with Crippen LogP contribution in [0.5, 0.6) is 0 Å². The quantitative estimate of drug-likeness (QED) is 0.721. The number of rotatable bonds is 2. The van der Waals surface area contributed by atoms with Gasteiger partial charge in [0.2, 0.25) is 5.65 Å². The lowest BCUT2D eigenvalue weighted by molar-refractivity contribution is 0.363. The van der Waals surface area contributed by atoms with Crippen molar-refractivity contribution in [3.63, 3.8) is 0 Å². The second-order valence-electron chi connectivity index (χ2n) is 7.14. The molecule has 3 heterocycles. The summed E-state index contributed by atoms with van der Waals surface area (Å²) in [5.41, 5.74) is 9.36. The number of nitrogens with zero attached hydrogens (tertiary/aromatic N) is 5. The van der Waals surface area contributed by atoms with Gasteiger partial charge in [0, 0.05) is 24.2 Å². The third-order valence-electron chi connectivity index (χ3n) is 5.02. The molecule has 136 valence electrons. The van der Waals surface area contributed by atoms with E-state index in [0.717, 1.165) is 48.7 Å². The molecule has 0 atom stereocenters. The van der Waals surface area contributed by atoms with Gasteiger partial charge in [-0.2, -0.15) is 0 Å². The molecule has 8 heteroatoms. The first-order valence-electron chi connectivity index (χ1n) is 8.56. The summed E-state index contributed by atoms with van der Waals surface area (Å²) in [5, 5.41) is 9.43. The second-order valence-corrected chi connectivity index (χ2v) is 7.92. The van der Waals surface area contributed by atoms with E-state index >= 15 is 0 Å². The van der Waals surface area contributed by atoms with Gasteiger partial charge in [-0.05, 0) is 32.8 Å². The predicted octanol–water partition coefficient (Wildman–Crippen LogP) is 3.72. The molecule has 0 amide bonds. The van der Waals surface area contributed by atoms with E-state index in [9.17, 15) is 0 Å². The van der Waals surface area contributed by atoms with E-state index in [4.69, 9.17) is 33.9 Å². The van der Waals surface area contributed by atoms with Gasteiger partial charge in [0.1, 0.15) is 6.33 Å². The number of halogens is 2. The molecular formula is C18H20Cl2N6. The molecule has 0 unspecified atom stereocenters. The average Bonchev–Trinajstić information content (AvgIpc) is 3.07. The van der Waals surface area contributed by atoms with E-state index in [1.807, 2.05) is 23.5 Å².